The molecule has 0 unspecified atom stereocenters. The summed E-state index contributed by atoms with van der Waals surface area (Å²) >= 11 is 0. The fourth-order valence-electron chi connectivity index (χ4n) is 1.96. The first kappa shape index (κ1) is 12.0. The van der Waals surface area contributed by atoms with Crippen molar-refractivity contribution in [2.75, 3.05) is 13.1 Å². The van der Waals surface area contributed by atoms with E-state index in [0.717, 1.165) is 5.69 Å². The van der Waals surface area contributed by atoms with E-state index in [-0.39, 0.29) is 17.2 Å². The highest BCUT2D eigenvalue weighted by Gasteiger charge is 2.37. The van der Waals surface area contributed by atoms with E-state index in [1.807, 2.05) is 26.8 Å². The number of rotatable bonds is 1. The second-order valence-corrected chi connectivity index (χ2v) is 5.54. The molecule has 2 rings (SSSR count). The normalized spacial score (nSPS) is 16.8. The molecule has 1 aliphatic heterocycles. The van der Waals surface area contributed by atoms with Crippen LogP contribution in [0.2, 0.25) is 0 Å². The van der Waals surface area contributed by atoms with Gasteiger partial charge in [-0.3, -0.25) is 4.79 Å². The Morgan fingerprint density at radius 3 is 2.59 bits per heavy atom. The smallest absolute Gasteiger partial charge is 0.227 e. The summed E-state index contributed by atoms with van der Waals surface area (Å²) in [6.07, 6.45) is 0. The lowest BCUT2D eigenvalue weighted by molar-refractivity contribution is -0.144. The average molecular weight is 236 g/mol. The first-order valence-electron chi connectivity index (χ1n) is 5.80. The number of aromatic nitrogens is 1. The molecule has 92 valence electrons. The molecule has 4 heteroatoms. The summed E-state index contributed by atoms with van der Waals surface area (Å²) < 4.78 is 12.9. The van der Waals surface area contributed by atoms with Crippen LogP contribution in [0.5, 0.6) is 0 Å². The second kappa shape index (κ2) is 4.09. The summed E-state index contributed by atoms with van der Waals surface area (Å²) in [6, 6.07) is 4.80. The number of carbonyl (C=O) groups is 1. The van der Waals surface area contributed by atoms with E-state index in [1.165, 1.54) is 6.07 Å². The predicted molar refractivity (Wildman–Crippen MR) is 63.0 cm³/mol. The summed E-state index contributed by atoms with van der Waals surface area (Å²) in [5.41, 5.74) is 0.392. The Bertz CT molecular complexity index is 433. The van der Waals surface area contributed by atoms with Gasteiger partial charge in [0.15, 0.2) is 0 Å². The van der Waals surface area contributed by atoms with E-state index in [4.69, 9.17) is 0 Å². The topological polar surface area (TPSA) is 33.2 Å². The maximum atomic E-state index is 12.9. The number of likely N-dealkylation sites (tertiary alicyclic amines) is 1. The molecule has 1 fully saturated rings. The fourth-order valence-corrected chi connectivity index (χ4v) is 1.96. The van der Waals surface area contributed by atoms with E-state index in [1.54, 1.807) is 11.0 Å². The van der Waals surface area contributed by atoms with Gasteiger partial charge in [-0.2, -0.15) is 4.39 Å². The molecule has 0 radical (unpaired) electrons. The number of hydrogen-bond acceptors (Lipinski definition) is 2. The van der Waals surface area contributed by atoms with Crippen LogP contribution in [0.25, 0.3) is 0 Å². The Morgan fingerprint density at radius 1 is 1.41 bits per heavy atom. The van der Waals surface area contributed by atoms with Crippen molar-refractivity contribution in [3.8, 4) is 0 Å². The van der Waals surface area contributed by atoms with Crippen molar-refractivity contribution in [1.29, 1.82) is 0 Å². The fraction of sp³-hybridized carbons (Fsp3) is 0.538. The Labute approximate surface area is 101 Å². The van der Waals surface area contributed by atoms with Gasteiger partial charge in [0.05, 0.1) is 5.69 Å². The van der Waals surface area contributed by atoms with Gasteiger partial charge in [0, 0.05) is 24.4 Å². The zero-order chi connectivity index (χ0) is 12.6. The minimum atomic E-state index is -0.455. The monoisotopic (exact) mass is 236 g/mol. The summed E-state index contributed by atoms with van der Waals surface area (Å²) in [5.74, 6) is -0.134. The molecule has 17 heavy (non-hydrogen) atoms. The van der Waals surface area contributed by atoms with Gasteiger partial charge in [-0.25, -0.2) is 4.98 Å². The second-order valence-electron chi connectivity index (χ2n) is 5.54. The molecule has 1 aromatic heterocycles. The third-order valence-corrected chi connectivity index (χ3v) is 2.97. The van der Waals surface area contributed by atoms with Gasteiger partial charge in [0.1, 0.15) is 0 Å². The number of nitrogens with zero attached hydrogens (tertiary/aromatic N) is 2. The van der Waals surface area contributed by atoms with Crippen LogP contribution in [0.15, 0.2) is 18.2 Å². The number of amides is 1. The third kappa shape index (κ3) is 2.46. The Kier molecular flexibility index (Phi) is 2.89. The Hall–Kier alpha value is -1.45. The van der Waals surface area contributed by atoms with Gasteiger partial charge in [-0.05, 0) is 12.1 Å². The van der Waals surface area contributed by atoms with Gasteiger partial charge in [0.2, 0.25) is 11.9 Å². The largest absolute Gasteiger partial charge is 0.341 e. The number of hydrogen-bond donors (Lipinski definition) is 0. The first-order valence-corrected chi connectivity index (χ1v) is 5.80. The lowest BCUT2D eigenvalue weighted by atomic mass is 9.89. The Morgan fingerprint density at radius 2 is 2.06 bits per heavy atom. The van der Waals surface area contributed by atoms with Gasteiger partial charge < -0.3 is 4.90 Å². The van der Waals surface area contributed by atoms with Crippen molar-refractivity contribution >= 4 is 5.91 Å². The van der Waals surface area contributed by atoms with E-state index in [9.17, 15) is 9.18 Å². The van der Waals surface area contributed by atoms with Gasteiger partial charge >= 0.3 is 0 Å². The van der Waals surface area contributed by atoms with Crippen molar-refractivity contribution in [2.45, 2.75) is 26.7 Å². The van der Waals surface area contributed by atoms with Gasteiger partial charge in [0.25, 0.3) is 0 Å². The van der Waals surface area contributed by atoms with Crippen molar-refractivity contribution in [3.05, 3.63) is 29.8 Å². The number of carbonyl (C=O) groups excluding carboxylic acids is 1. The van der Waals surface area contributed by atoms with Crippen LogP contribution in [0.4, 0.5) is 4.39 Å². The van der Waals surface area contributed by atoms with Gasteiger partial charge in [-0.1, -0.05) is 26.8 Å². The zero-order valence-corrected chi connectivity index (χ0v) is 10.4. The molecule has 2 heterocycles. The molecular formula is C13H17FN2O. The Balaban J connectivity index is 1.98. The molecule has 0 saturated carbocycles. The average Bonchev–Trinajstić information content (AvgIpc) is 2.13. The summed E-state index contributed by atoms with van der Waals surface area (Å²) in [7, 11) is 0. The van der Waals surface area contributed by atoms with Crippen LogP contribution in [-0.2, 0) is 4.79 Å². The molecule has 0 spiro atoms. The van der Waals surface area contributed by atoms with Crippen LogP contribution in [0.1, 0.15) is 32.4 Å². The van der Waals surface area contributed by atoms with E-state index in [2.05, 4.69) is 4.98 Å². The first-order chi connectivity index (χ1) is 7.88. The van der Waals surface area contributed by atoms with Crippen molar-refractivity contribution in [1.82, 2.24) is 9.88 Å². The quantitative estimate of drug-likeness (QED) is 0.700. The maximum absolute atomic E-state index is 12.9. The van der Waals surface area contributed by atoms with Crippen molar-refractivity contribution in [2.24, 2.45) is 5.41 Å². The van der Waals surface area contributed by atoms with Crippen molar-refractivity contribution < 1.29 is 9.18 Å². The minimum Gasteiger partial charge on any atom is -0.341 e. The van der Waals surface area contributed by atoms with Crippen LogP contribution in [-0.4, -0.2) is 28.9 Å². The third-order valence-electron chi connectivity index (χ3n) is 2.97. The van der Waals surface area contributed by atoms with Crippen molar-refractivity contribution in [3.63, 3.8) is 0 Å². The predicted octanol–water partition coefficient (Wildman–Crippen LogP) is 2.19. The highest BCUT2D eigenvalue weighted by Crippen LogP contribution is 2.29. The molecule has 1 saturated heterocycles. The van der Waals surface area contributed by atoms with Gasteiger partial charge in [-0.15, -0.1) is 0 Å². The van der Waals surface area contributed by atoms with Crippen LogP contribution < -0.4 is 0 Å². The molecular weight excluding hydrogens is 219 g/mol. The van der Waals surface area contributed by atoms with Crippen LogP contribution in [0, 0.1) is 11.4 Å². The van der Waals surface area contributed by atoms with E-state index < -0.39 is 5.95 Å². The molecule has 1 aromatic rings. The lowest BCUT2D eigenvalue weighted by Gasteiger charge is -2.42. The molecule has 1 aliphatic rings. The molecule has 0 aliphatic carbocycles. The lowest BCUT2D eigenvalue weighted by Crippen LogP contribution is -2.52. The molecule has 1 amide bonds. The highest BCUT2D eigenvalue weighted by atomic mass is 19.1. The number of halogens is 1. The molecule has 0 N–H and O–H groups in total. The molecule has 0 aromatic carbocycles. The zero-order valence-electron chi connectivity index (χ0n) is 10.4. The maximum Gasteiger partial charge on any atom is 0.227 e. The minimum absolute atomic E-state index is 0.144. The SMILES string of the molecule is CC(C)(C)C(=O)N1CC(c2cccc(F)n2)C1. The summed E-state index contributed by atoms with van der Waals surface area (Å²) in [5, 5.41) is 0. The molecule has 0 atom stereocenters. The van der Waals surface area contributed by atoms with Crippen LogP contribution >= 0.6 is 0 Å². The molecule has 0 bridgehead atoms. The van der Waals surface area contributed by atoms with E-state index >= 15 is 0 Å². The van der Waals surface area contributed by atoms with Crippen LogP contribution in [0.3, 0.4) is 0 Å². The standard InChI is InChI=1S/C13H17FN2O/c1-13(2,3)12(17)16-7-9(8-16)10-5-4-6-11(14)15-10/h4-6,9H,7-8H2,1-3H3. The molecule has 3 nitrogen and oxygen atoms in total. The summed E-state index contributed by atoms with van der Waals surface area (Å²) in [6.45, 7) is 7.01. The van der Waals surface area contributed by atoms with E-state index in [0.29, 0.717) is 13.1 Å². The summed E-state index contributed by atoms with van der Waals surface area (Å²) in [4.78, 5) is 17.6. The number of pyridine rings is 1. The highest BCUT2D eigenvalue weighted by molar-refractivity contribution is 5.82.